The van der Waals surface area contributed by atoms with Gasteiger partial charge < -0.3 is 19.7 Å². The van der Waals surface area contributed by atoms with Crippen LogP contribution in [0.1, 0.15) is 125 Å². The molecule has 0 aromatic rings. The van der Waals surface area contributed by atoms with Crippen LogP contribution in [0.2, 0.25) is 0 Å². The lowest BCUT2D eigenvalue weighted by Gasteiger charge is -2.37. The summed E-state index contributed by atoms with van der Waals surface area (Å²) >= 11 is 0. The standard InChI is InChI=1S/C26H51NO5/c1-7-8-9-10-11-12-13-14-15-16-17-18-19-22(28)23(29)21-20-31-26(5,6)27(21)24(30)32-25(2,3)4/h21-23,28-29H,7-20H2,1-6H3/t21-,22-,23+/m0/s1. The van der Waals surface area contributed by atoms with Gasteiger partial charge in [-0.15, -0.1) is 0 Å². The molecule has 0 bridgehead atoms. The smallest absolute Gasteiger partial charge is 0.412 e. The minimum Gasteiger partial charge on any atom is -0.444 e. The number of hydrogen-bond donors (Lipinski definition) is 2. The van der Waals surface area contributed by atoms with Crippen molar-refractivity contribution >= 4 is 6.09 Å². The zero-order chi connectivity index (χ0) is 24.2. The highest BCUT2D eigenvalue weighted by Crippen LogP contribution is 2.32. The third-order valence-corrected chi connectivity index (χ3v) is 6.25. The van der Waals surface area contributed by atoms with Crippen LogP contribution in [0.3, 0.4) is 0 Å². The predicted octanol–water partition coefficient (Wildman–Crippen LogP) is 6.17. The minimum absolute atomic E-state index is 0.183. The van der Waals surface area contributed by atoms with Gasteiger partial charge in [-0.1, -0.05) is 84.0 Å². The zero-order valence-corrected chi connectivity index (χ0v) is 21.7. The monoisotopic (exact) mass is 457 g/mol. The Labute approximate surface area is 197 Å². The van der Waals surface area contributed by atoms with Crippen molar-refractivity contribution in [3.8, 4) is 0 Å². The summed E-state index contributed by atoms with van der Waals surface area (Å²) in [5, 5.41) is 21.3. The summed E-state index contributed by atoms with van der Waals surface area (Å²) in [6.45, 7) is 11.4. The van der Waals surface area contributed by atoms with E-state index in [4.69, 9.17) is 9.47 Å². The number of aliphatic hydroxyl groups is 2. The van der Waals surface area contributed by atoms with E-state index < -0.39 is 35.7 Å². The molecule has 0 aromatic heterocycles. The van der Waals surface area contributed by atoms with E-state index in [1.165, 1.54) is 69.1 Å². The van der Waals surface area contributed by atoms with Crippen molar-refractivity contribution in [1.29, 1.82) is 0 Å². The van der Waals surface area contributed by atoms with Crippen LogP contribution in [0.25, 0.3) is 0 Å². The zero-order valence-electron chi connectivity index (χ0n) is 21.7. The number of aliphatic hydroxyl groups excluding tert-OH is 2. The largest absolute Gasteiger partial charge is 0.444 e. The van der Waals surface area contributed by atoms with Crippen molar-refractivity contribution < 1.29 is 24.5 Å². The van der Waals surface area contributed by atoms with Crippen molar-refractivity contribution in [2.45, 2.75) is 155 Å². The molecular weight excluding hydrogens is 406 g/mol. The fraction of sp³-hybridized carbons (Fsp3) is 0.962. The minimum atomic E-state index is -1.06. The highest BCUT2D eigenvalue weighted by atomic mass is 16.6. The summed E-state index contributed by atoms with van der Waals surface area (Å²) in [5.41, 5.74) is -1.53. The fourth-order valence-electron chi connectivity index (χ4n) is 4.37. The van der Waals surface area contributed by atoms with Crippen LogP contribution in [0, 0.1) is 0 Å². The van der Waals surface area contributed by atoms with Gasteiger partial charge in [0.05, 0.1) is 18.8 Å². The second-order valence-electron chi connectivity index (χ2n) is 10.9. The van der Waals surface area contributed by atoms with E-state index >= 15 is 0 Å². The molecule has 1 heterocycles. The van der Waals surface area contributed by atoms with Crippen LogP contribution in [-0.2, 0) is 9.47 Å². The lowest BCUT2D eigenvalue weighted by Crippen LogP contribution is -2.55. The van der Waals surface area contributed by atoms with Crippen LogP contribution in [0.15, 0.2) is 0 Å². The number of rotatable bonds is 15. The van der Waals surface area contributed by atoms with E-state index in [0.717, 1.165) is 12.8 Å². The van der Waals surface area contributed by atoms with Gasteiger partial charge in [0.15, 0.2) is 0 Å². The van der Waals surface area contributed by atoms with Gasteiger partial charge in [0.25, 0.3) is 0 Å². The van der Waals surface area contributed by atoms with E-state index in [2.05, 4.69) is 6.92 Å². The number of hydrogen-bond acceptors (Lipinski definition) is 5. The summed E-state index contributed by atoms with van der Waals surface area (Å²) in [6, 6.07) is -0.618. The molecule has 6 heteroatoms. The number of unbranched alkanes of at least 4 members (excludes halogenated alkanes) is 11. The van der Waals surface area contributed by atoms with Crippen molar-refractivity contribution in [1.82, 2.24) is 4.90 Å². The van der Waals surface area contributed by atoms with Crippen molar-refractivity contribution in [2.75, 3.05) is 6.61 Å². The molecule has 6 nitrogen and oxygen atoms in total. The molecule has 1 aliphatic heterocycles. The second kappa shape index (κ2) is 14.4. The first-order chi connectivity index (χ1) is 15.0. The predicted molar refractivity (Wildman–Crippen MR) is 130 cm³/mol. The van der Waals surface area contributed by atoms with Crippen molar-refractivity contribution in [3.63, 3.8) is 0 Å². The van der Waals surface area contributed by atoms with E-state index in [9.17, 15) is 15.0 Å². The first kappa shape index (κ1) is 29.2. The molecule has 0 aliphatic carbocycles. The summed E-state index contributed by atoms with van der Waals surface area (Å²) in [7, 11) is 0. The number of nitrogens with zero attached hydrogens (tertiary/aromatic N) is 1. The Bertz CT molecular complexity index is 517. The Hall–Kier alpha value is -0.850. The highest BCUT2D eigenvalue weighted by Gasteiger charge is 2.49. The van der Waals surface area contributed by atoms with Gasteiger partial charge in [0.1, 0.15) is 17.4 Å². The highest BCUT2D eigenvalue weighted by molar-refractivity contribution is 5.70. The van der Waals surface area contributed by atoms with Crippen LogP contribution < -0.4 is 0 Å². The number of carbonyl (C=O) groups is 1. The Morgan fingerprint density at radius 2 is 1.44 bits per heavy atom. The molecule has 1 saturated heterocycles. The van der Waals surface area contributed by atoms with Gasteiger partial charge in [-0.05, 0) is 41.0 Å². The van der Waals surface area contributed by atoms with Gasteiger partial charge in [-0.2, -0.15) is 0 Å². The second-order valence-corrected chi connectivity index (χ2v) is 10.9. The van der Waals surface area contributed by atoms with E-state index in [1.807, 2.05) is 20.8 Å². The molecule has 0 aromatic carbocycles. The Morgan fingerprint density at radius 3 is 1.91 bits per heavy atom. The quantitative estimate of drug-likeness (QED) is 0.287. The number of ether oxygens (including phenoxy) is 2. The Morgan fingerprint density at radius 1 is 0.969 bits per heavy atom. The van der Waals surface area contributed by atoms with Gasteiger partial charge in [-0.25, -0.2) is 4.79 Å². The summed E-state index contributed by atoms with van der Waals surface area (Å²) in [4.78, 5) is 14.2. The molecule has 2 N–H and O–H groups in total. The van der Waals surface area contributed by atoms with Gasteiger partial charge in [0, 0.05) is 0 Å². The average molecular weight is 458 g/mol. The van der Waals surface area contributed by atoms with Gasteiger partial charge in [-0.3, -0.25) is 4.90 Å². The molecule has 0 saturated carbocycles. The van der Waals surface area contributed by atoms with Gasteiger partial charge in [0.2, 0.25) is 0 Å². The van der Waals surface area contributed by atoms with Crippen molar-refractivity contribution in [2.24, 2.45) is 0 Å². The Kier molecular flexibility index (Phi) is 13.2. The lowest BCUT2D eigenvalue weighted by atomic mass is 9.98. The SMILES string of the molecule is CCCCCCCCCCCCCC[C@H](O)[C@H](O)[C@@H]1COC(C)(C)N1C(=O)OC(C)(C)C. The van der Waals surface area contributed by atoms with E-state index in [-0.39, 0.29) is 6.61 Å². The maximum atomic E-state index is 12.7. The topological polar surface area (TPSA) is 79.2 Å². The van der Waals surface area contributed by atoms with Crippen molar-refractivity contribution in [3.05, 3.63) is 0 Å². The third kappa shape index (κ3) is 10.8. The summed E-state index contributed by atoms with van der Waals surface area (Å²) < 4.78 is 11.3. The fourth-order valence-corrected chi connectivity index (χ4v) is 4.37. The number of amides is 1. The summed E-state index contributed by atoms with van der Waals surface area (Å²) in [5.74, 6) is 0. The maximum Gasteiger partial charge on any atom is 0.412 e. The molecule has 3 atom stereocenters. The molecular formula is C26H51NO5. The lowest BCUT2D eigenvalue weighted by molar-refractivity contribution is -0.0773. The molecule has 0 unspecified atom stereocenters. The molecule has 1 rings (SSSR count). The van der Waals surface area contributed by atoms with E-state index in [1.54, 1.807) is 13.8 Å². The molecule has 1 amide bonds. The first-order valence-electron chi connectivity index (χ1n) is 13.0. The summed E-state index contributed by atoms with van der Waals surface area (Å²) in [6.07, 6.45) is 13.2. The number of carbonyl (C=O) groups excluding carboxylic acids is 1. The third-order valence-electron chi connectivity index (χ3n) is 6.25. The molecule has 0 spiro atoms. The van der Waals surface area contributed by atoms with Gasteiger partial charge >= 0.3 is 6.09 Å². The molecule has 1 aliphatic rings. The van der Waals surface area contributed by atoms with E-state index in [0.29, 0.717) is 6.42 Å². The molecule has 1 fully saturated rings. The molecule has 0 radical (unpaired) electrons. The first-order valence-corrected chi connectivity index (χ1v) is 13.0. The van der Waals surface area contributed by atoms with Crippen LogP contribution in [0.4, 0.5) is 4.79 Å². The maximum absolute atomic E-state index is 12.7. The van der Waals surface area contributed by atoms with Crippen LogP contribution >= 0.6 is 0 Å². The Balaban J connectivity index is 2.28. The van der Waals surface area contributed by atoms with Crippen LogP contribution in [0.5, 0.6) is 0 Å². The van der Waals surface area contributed by atoms with Crippen LogP contribution in [-0.4, -0.2) is 57.4 Å². The normalized spacial score (nSPS) is 20.4. The average Bonchev–Trinajstić information content (AvgIpc) is 3.01. The molecule has 190 valence electrons. The molecule has 32 heavy (non-hydrogen) atoms.